The van der Waals surface area contributed by atoms with Crippen molar-refractivity contribution in [2.75, 3.05) is 6.54 Å². The van der Waals surface area contributed by atoms with E-state index >= 15 is 0 Å². The maximum absolute atomic E-state index is 4.45. The smallest absolute Gasteiger partial charge is 0.122 e. The lowest BCUT2D eigenvalue weighted by molar-refractivity contribution is 0.809. The molecule has 1 heterocycles. The van der Waals surface area contributed by atoms with Gasteiger partial charge in [0.2, 0.25) is 0 Å². The molecule has 0 aliphatic carbocycles. The topological polar surface area (TPSA) is 24.7 Å². The van der Waals surface area contributed by atoms with Crippen LogP contribution in [-0.4, -0.2) is 17.1 Å². The first-order valence-corrected chi connectivity index (χ1v) is 5.33. The van der Waals surface area contributed by atoms with Gasteiger partial charge in [0, 0.05) is 6.54 Å². The van der Waals surface area contributed by atoms with Gasteiger partial charge in [0.05, 0.1) is 11.2 Å². The summed E-state index contributed by atoms with van der Waals surface area (Å²) < 4.78 is 0. The quantitative estimate of drug-likeness (QED) is 0.631. The van der Waals surface area contributed by atoms with Gasteiger partial charge in [0.1, 0.15) is 5.04 Å². The largest absolute Gasteiger partial charge is 0.276 e. The monoisotopic (exact) mass is 194 g/mol. The summed E-state index contributed by atoms with van der Waals surface area (Å²) in [5.74, 6) is 0. The van der Waals surface area contributed by atoms with Crippen LogP contribution in [0.5, 0.6) is 0 Å². The van der Waals surface area contributed by atoms with E-state index < -0.39 is 0 Å². The Labute approximate surface area is 83.6 Å². The summed E-state index contributed by atoms with van der Waals surface area (Å²) in [5.41, 5.74) is 2.76. The van der Waals surface area contributed by atoms with Crippen molar-refractivity contribution in [3.05, 3.63) is 24.4 Å². The highest BCUT2D eigenvalue weighted by Crippen LogP contribution is 2.19. The number of aliphatic imine (C=N–C) groups is 2. The van der Waals surface area contributed by atoms with E-state index in [-0.39, 0.29) is 0 Å². The van der Waals surface area contributed by atoms with E-state index in [9.17, 15) is 0 Å². The molecule has 1 aliphatic heterocycles. The molecule has 1 aliphatic rings. The third kappa shape index (κ3) is 3.19. The van der Waals surface area contributed by atoms with Crippen molar-refractivity contribution in [2.45, 2.75) is 19.8 Å². The summed E-state index contributed by atoms with van der Waals surface area (Å²) in [6, 6.07) is 0. The van der Waals surface area contributed by atoms with Gasteiger partial charge in [-0.2, -0.15) is 0 Å². The molecular weight excluding hydrogens is 180 g/mol. The number of thioether (sulfide) groups is 1. The molecule has 0 atom stereocenters. The van der Waals surface area contributed by atoms with Crippen LogP contribution in [0.1, 0.15) is 19.8 Å². The van der Waals surface area contributed by atoms with Crippen molar-refractivity contribution in [3.8, 4) is 0 Å². The Morgan fingerprint density at radius 3 is 3.23 bits per heavy atom. The number of unbranched alkanes of at least 4 members (excludes halogenated alkanes) is 1. The highest BCUT2D eigenvalue weighted by molar-refractivity contribution is 8.26. The first-order valence-electron chi connectivity index (χ1n) is 4.45. The van der Waals surface area contributed by atoms with Crippen LogP contribution in [0.25, 0.3) is 0 Å². The number of nitrogens with zero attached hydrogens (tertiary/aromatic N) is 2. The standard InChI is InChI=1S/C10H14N2S/c1-3-5-7-11-10-9(6-4-2)12-8-13-10/h4,6,8H,2-3,5,7H2,1H3. The van der Waals surface area contributed by atoms with Crippen molar-refractivity contribution < 1.29 is 0 Å². The van der Waals surface area contributed by atoms with Crippen molar-refractivity contribution in [1.82, 2.24) is 0 Å². The molecule has 0 aromatic heterocycles. The predicted molar refractivity (Wildman–Crippen MR) is 61.6 cm³/mol. The Morgan fingerprint density at radius 2 is 2.54 bits per heavy atom. The van der Waals surface area contributed by atoms with Gasteiger partial charge in [-0.3, -0.25) is 4.99 Å². The Kier molecular flexibility index (Phi) is 4.54. The first kappa shape index (κ1) is 10.3. The van der Waals surface area contributed by atoms with Gasteiger partial charge in [0.15, 0.2) is 0 Å². The minimum Gasteiger partial charge on any atom is -0.276 e. The molecule has 70 valence electrons. The third-order valence-electron chi connectivity index (χ3n) is 1.62. The van der Waals surface area contributed by atoms with Crippen LogP contribution in [-0.2, 0) is 0 Å². The highest BCUT2D eigenvalue weighted by Gasteiger charge is 2.09. The van der Waals surface area contributed by atoms with Gasteiger partial charge in [0.25, 0.3) is 0 Å². The Hall–Kier alpha value is -0.830. The molecule has 0 aromatic rings. The van der Waals surface area contributed by atoms with Crippen molar-refractivity contribution >= 4 is 22.4 Å². The molecule has 0 aromatic carbocycles. The van der Waals surface area contributed by atoms with E-state index in [1.165, 1.54) is 6.42 Å². The number of rotatable bonds is 4. The Morgan fingerprint density at radius 1 is 1.69 bits per heavy atom. The molecule has 1 rings (SSSR count). The van der Waals surface area contributed by atoms with Crippen LogP contribution in [0.2, 0.25) is 0 Å². The van der Waals surface area contributed by atoms with Gasteiger partial charge in [-0.1, -0.05) is 37.8 Å². The summed E-state index contributed by atoms with van der Waals surface area (Å²) in [7, 11) is 0. The van der Waals surface area contributed by atoms with Gasteiger partial charge < -0.3 is 0 Å². The first-order chi connectivity index (χ1) is 6.38. The van der Waals surface area contributed by atoms with Crippen molar-refractivity contribution in [2.24, 2.45) is 9.98 Å². The Bertz CT molecular complexity index is 264. The van der Waals surface area contributed by atoms with Gasteiger partial charge in [-0.25, -0.2) is 4.99 Å². The molecule has 0 fully saturated rings. The van der Waals surface area contributed by atoms with Gasteiger partial charge in [-0.05, 0) is 12.5 Å². The van der Waals surface area contributed by atoms with E-state index in [4.69, 9.17) is 0 Å². The fraction of sp³-hybridized carbons (Fsp3) is 0.400. The third-order valence-corrected chi connectivity index (χ3v) is 2.39. The second kappa shape index (κ2) is 5.75. The lowest BCUT2D eigenvalue weighted by atomic mass is 10.3. The maximum Gasteiger partial charge on any atom is 0.122 e. The normalized spacial score (nSPS) is 21.6. The van der Waals surface area contributed by atoms with Crippen molar-refractivity contribution in [3.63, 3.8) is 0 Å². The average Bonchev–Trinajstić information content (AvgIpc) is 2.54. The fourth-order valence-electron chi connectivity index (χ4n) is 0.932. The minimum absolute atomic E-state index is 0.899. The summed E-state index contributed by atoms with van der Waals surface area (Å²) >= 11 is 1.58. The number of hydrogen-bond donors (Lipinski definition) is 0. The average molecular weight is 194 g/mol. The van der Waals surface area contributed by atoms with Gasteiger partial charge in [-0.15, -0.1) is 0 Å². The second-order valence-electron chi connectivity index (χ2n) is 2.68. The number of allylic oxidation sites excluding steroid dienone is 2. The SMILES string of the molecule is C=CC=C1N=CSC1=NCCCC. The van der Waals surface area contributed by atoms with Crippen LogP contribution in [0.15, 0.2) is 34.4 Å². The summed E-state index contributed by atoms with van der Waals surface area (Å²) in [6.45, 7) is 6.71. The summed E-state index contributed by atoms with van der Waals surface area (Å²) in [5, 5.41) is 1.02. The minimum atomic E-state index is 0.899. The zero-order chi connectivity index (χ0) is 9.52. The van der Waals surface area contributed by atoms with Crippen LogP contribution in [0, 0.1) is 0 Å². The molecule has 0 unspecified atom stereocenters. The fourth-order valence-corrected chi connectivity index (χ4v) is 1.61. The van der Waals surface area contributed by atoms with Crippen molar-refractivity contribution in [1.29, 1.82) is 0 Å². The number of hydrogen-bond acceptors (Lipinski definition) is 3. The van der Waals surface area contributed by atoms with Crippen LogP contribution < -0.4 is 0 Å². The molecular formula is C10H14N2S. The molecule has 0 saturated heterocycles. The summed E-state index contributed by atoms with van der Waals surface area (Å²) in [4.78, 5) is 8.63. The molecule has 0 N–H and O–H groups in total. The van der Waals surface area contributed by atoms with Crippen LogP contribution in [0.3, 0.4) is 0 Å². The molecule has 0 bridgehead atoms. The molecule has 13 heavy (non-hydrogen) atoms. The maximum atomic E-state index is 4.45. The molecule has 0 spiro atoms. The van der Waals surface area contributed by atoms with E-state index in [0.29, 0.717) is 0 Å². The molecule has 0 saturated carbocycles. The molecule has 3 heteroatoms. The summed E-state index contributed by atoms with van der Waals surface area (Å²) in [6.07, 6.45) is 5.96. The predicted octanol–water partition coefficient (Wildman–Crippen LogP) is 3.03. The van der Waals surface area contributed by atoms with E-state index in [1.807, 2.05) is 11.6 Å². The zero-order valence-electron chi connectivity index (χ0n) is 7.86. The van der Waals surface area contributed by atoms with E-state index in [1.54, 1.807) is 17.8 Å². The molecule has 0 amide bonds. The van der Waals surface area contributed by atoms with Crippen LogP contribution in [0.4, 0.5) is 0 Å². The highest BCUT2D eigenvalue weighted by atomic mass is 32.2. The van der Waals surface area contributed by atoms with E-state index in [2.05, 4.69) is 23.5 Å². The molecule has 0 radical (unpaired) electrons. The van der Waals surface area contributed by atoms with Crippen LogP contribution >= 0.6 is 11.8 Å². The second-order valence-corrected chi connectivity index (χ2v) is 3.51. The zero-order valence-corrected chi connectivity index (χ0v) is 8.68. The molecule has 2 nitrogen and oxygen atoms in total. The lowest BCUT2D eigenvalue weighted by Gasteiger charge is -1.96. The van der Waals surface area contributed by atoms with E-state index in [0.717, 1.165) is 23.7 Å². The van der Waals surface area contributed by atoms with Gasteiger partial charge >= 0.3 is 0 Å². The lowest BCUT2D eigenvalue weighted by Crippen LogP contribution is -1.92. The Balaban J connectivity index is 2.55.